The van der Waals surface area contributed by atoms with Crippen molar-refractivity contribution in [1.82, 2.24) is 15.0 Å². The lowest BCUT2D eigenvalue weighted by atomic mass is 10.1. The van der Waals surface area contributed by atoms with Gasteiger partial charge in [-0.05, 0) is 42.8 Å². The van der Waals surface area contributed by atoms with Crippen LogP contribution in [0.15, 0.2) is 36.7 Å². The summed E-state index contributed by atoms with van der Waals surface area (Å²) in [4.78, 5) is 3.67. The fraction of sp³-hybridized carbons (Fsp3) is 0.364. The van der Waals surface area contributed by atoms with Crippen LogP contribution < -0.4 is 4.80 Å². The van der Waals surface area contributed by atoms with Crippen LogP contribution in [-0.4, -0.2) is 15.0 Å². The molecular formula is C11H15N4+. The van der Waals surface area contributed by atoms with Crippen LogP contribution in [0.1, 0.15) is 20.8 Å². The molecule has 0 saturated heterocycles. The molecule has 0 atom stereocenters. The Balaban J connectivity index is 2.51. The first-order valence-electron chi connectivity index (χ1n) is 4.97. The van der Waals surface area contributed by atoms with Crippen LogP contribution >= 0.6 is 0 Å². The molecule has 0 N–H and O–H groups in total. The highest BCUT2D eigenvalue weighted by Crippen LogP contribution is 2.06. The van der Waals surface area contributed by atoms with Crippen molar-refractivity contribution >= 4 is 0 Å². The molecule has 1 aromatic carbocycles. The van der Waals surface area contributed by atoms with Gasteiger partial charge in [-0.1, -0.05) is 18.2 Å². The van der Waals surface area contributed by atoms with Crippen molar-refractivity contribution in [3.05, 3.63) is 36.7 Å². The minimum Gasteiger partial charge on any atom is -0.0621 e. The summed E-state index contributed by atoms with van der Waals surface area (Å²) in [6.07, 6.45) is 1.57. The highest BCUT2D eigenvalue weighted by molar-refractivity contribution is 5.27. The molecule has 2 aromatic rings. The van der Waals surface area contributed by atoms with E-state index in [1.807, 2.05) is 35.1 Å². The van der Waals surface area contributed by atoms with Gasteiger partial charge in [-0.3, -0.25) is 0 Å². The Labute approximate surface area is 89.1 Å². The second-order valence-corrected chi connectivity index (χ2v) is 4.43. The van der Waals surface area contributed by atoms with Crippen molar-refractivity contribution < 1.29 is 4.80 Å². The monoisotopic (exact) mass is 203 g/mol. The second-order valence-electron chi connectivity index (χ2n) is 4.43. The lowest BCUT2D eigenvalue weighted by Gasteiger charge is -2.13. The maximum absolute atomic E-state index is 4.23. The van der Waals surface area contributed by atoms with E-state index < -0.39 is 0 Å². The largest absolute Gasteiger partial charge is 0.297 e. The zero-order valence-electron chi connectivity index (χ0n) is 9.25. The molecule has 4 heteroatoms. The number of hydrogen-bond acceptors (Lipinski definition) is 2. The van der Waals surface area contributed by atoms with E-state index in [4.69, 9.17) is 0 Å². The van der Waals surface area contributed by atoms with Gasteiger partial charge in [0.25, 0.3) is 6.33 Å². The van der Waals surface area contributed by atoms with Crippen molar-refractivity contribution in [2.75, 3.05) is 0 Å². The average molecular weight is 203 g/mol. The number of para-hydroxylation sites is 1. The molecule has 0 radical (unpaired) electrons. The van der Waals surface area contributed by atoms with E-state index in [1.54, 1.807) is 11.1 Å². The predicted molar refractivity (Wildman–Crippen MR) is 56.6 cm³/mol. The third-order valence-electron chi connectivity index (χ3n) is 2.09. The van der Waals surface area contributed by atoms with Crippen molar-refractivity contribution in [3.8, 4) is 5.69 Å². The molecule has 78 valence electrons. The third-order valence-corrected chi connectivity index (χ3v) is 2.09. The summed E-state index contributed by atoms with van der Waals surface area (Å²) in [5.41, 5.74) is 0.941. The van der Waals surface area contributed by atoms with Crippen LogP contribution in [0.4, 0.5) is 0 Å². The van der Waals surface area contributed by atoms with Gasteiger partial charge in [-0.25, -0.2) is 0 Å². The standard InChI is InChI=1S/C11H15N4/c1-11(2,3)15-13-9-12-14(15)10-7-5-4-6-8-10/h4-9H,1-3H3/q+1. The maximum atomic E-state index is 4.23. The van der Waals surface area contributed by atoms with Gasteiger partial charge < -0.3 is 0 Å². The minimum absolute atomic E-state index is 0.0770. The van der Waals surface area contributed by atoms with Gasteiger partial charge in [0.1, 0.15) is 11.2 Å². The van der Waals surface area contributed by atoms with Gasteiger partial charge in [0.2, 0.25) is 0 Å². The highest BCUT2D eigenvalue weighted by atomic mass is 15.7. The molecule has 0 aliphatic heterocycles. The van der Waals surface area contributed by atoms with Crippen LogP contribution in [0.2, 0.25) is 0 Å². The number of benzene rings is 1. The first-order chi connectivity index (χ1) is 7.09. The average Bonchev–Trinajstić information content (AvgIpc) is 2.67. The molecule has 0 aliphatic carbocycles. The predicted octanol–water partition coefficient (Wildman–Crippen LogP) is 1.31. The zero-order chi connectivity index (χ0) is 10.9. The Hall–Kier alpha value is -1.71. The minimum atomic E-state index is -0.0770. The molecule has 0 unspecified atom stereocenters. The normalized spacial score (nSPS) is 11.7. The van der Waals surface area contributed by atoms with Crippen LogP contribution in [0.3, 0.4) is 0 Å². The molecule has 2 rings (SSSR count). The molecule has 1 aromatic heterocycles. The summed E-state index contributed by atoms with van der Waals surface area (Å²) in [5.74, 6) is 0. The Kier molecular flexibility index (Phi) is 2.26. The summed E-state index contributed by atoms with van der Waals surface area (Å²) in [7, 11) is 0. The van der Waals surface area contributed by atoms with E-state index in [1.165, 1.54) is 0 Å². The summed E-state index contributed by atoms with van der Waals surface area (Å²) in [6.45, 7) is 6.30. The summed E-state index contributed by atoms with van der Waals surface area (Å²) in [5, 5.41) is 8.45. The van der Waals surface area contributed by atoms with Gasteiger partial charge in [0, 0.05) is 4.80 Å². The van der Waals surface area contributed by atoms with E-state index in [0.29, 0.717) is 0 Å². The molecule has 15 heavy (non-hydrogen) atoms. The number of rotatable bonds is 1. The van der Waals surface area contributed by atoms with Crippen molar-refractivity contribution in [1.29, 1.82) is 0 Å². The molecule has 4 nitrogen and oxygen atoms in total. The van der Waals surface area contributed by atoms with E-state index in [2.05, 4.69) is 31.0 Å². The van der Waals surface area contributed by atoms with Crippen molar-refractivity contribution in [3.63, 3.8) is 0 Å². The van der Waals surface area contributed by atoms with Gasteiger partial charge in [-0.2, -0.15) is 0 Å². The molecule has 0 spiro atoms. The summed E-state index contributed by atoms with van der Waals surface area (Å²) < 4.78 is 0. The van der Waals surface area contributed by atoms with Gasteiger partial charge in [0.05, 0.1) is 5.10 Å². The van der Waals surface area contributed by atoms with E-state index >= 15 is 0 Å². The zero-order valence-corrected chi connectivity index (χ0v) is 9.25. The number of tetrazole rings is 1. The van der Waals surface area contributed by atoms with Crippen LogP contribution in [0, 0.1) is 0 Å². The number of hydrogen-bond donors (Lipinski definition) is 0. The second kappa shape index (κ2) is 3.46. The molecule has 0 aliphatic rings. The first kappa shape index (κ1) is 9.83. The lowest BCUT2D eigenvalue weighted by molar-refractivity contribution is -0.867. The topological polar surface area (TPSA) is 34.6 Å². The molecule has 0 bridgehead atoms. The summed E-state index contributed by atoms with van der Waals surface area (Å²) in [6, 6.07) is 9.99. The molecule has 1 heterocycles. The maximum Gasteiger partial charge on any atom is 0.297 e. The first-order valence-corrected chi connectivity index (χ1v) is 4.97. The Bertz CT molecular complexity index is 439. The van der Waals surface area contributed by atoms with E-state index in [0.717, 1.165) is 5.69 Å². The lowest BCUT2D eigenvalue weighted by Crippen LogP contribution is -2.58. The summed E-state index contributed by atoms with van der Waals surface area (Å²) >= 11 is 0. The molecule has 0 fully saturated rings. The van der Waals surface area contributed by atoms with Crippen molar-refractivity contribution in [2.24, 2.45) is 0 Å². The van der Waals surface area contributed by atoms with Gasteiger partial charge in [0.15, 0.2) is 0 Å². The van der Waals surface area contributed by atoms with Crippen molar-refractivity contribution in [2.45, 2.75) is 26.3 Å². The number of aromatic nitrogens is 4. The SMILES string of the molecule is CC(C)(C)[n+]1ncnn1-c1ccccc1. The van der Waals surface area contributed by atoms with Gasteiger partial charge in [-0.15, -0.1) is 0 Å². The third kappa shape index (κ3) is 1.88. The molecule has 0 amide bonds. The van der Waals surface area contributed by atoms with Crippen LogP contribution in [-0.2, 0) is 5.54 Å². The van der Waals surface area contributed by atoms with Crippen LogP contribution in [0.25, 0.3) is 5.69 Å². The Morgan fingerprint density at radius 1 is 1.13 bits per heavy atom. The quantitative estimate of drug-likeness (QED) is 0.655. The fourth-order valence-electron chi connectivity index (χ4n) is 1.41. The Morgan fingerprint density at radius 3 is 2.40 bits per heavy atom. The van der Waals surface area contributed by atoms with Gasteiger partial charge >= 0.3 is 0 Å². The Morgan fingerprint density at radius 2 is 1.80 bits per heavy atom. The fourth-order valence-corrected chi connectivity index (χ4v) is 1.41. The molecular weight excluding hydrogens is 188 g/mol. The molecule has 0 saturated carbocycles. The highest BCUT2D eigenvalue weighted by Gasteiger charge is 2.26. The van der Waals surface area contributed by atoms with Crippen LogP contribution in [0.5, 0.6) is 0 Å². The van der Waals surface area contributed by atoms with E-state index in [-0.39, 0.29) is 5.54 Å². The number of nitrogens with zero attached hydrogens (tertiary/aromatic N) is 4. The van der Waals surface area contributed by atoms with E-state index in [9.17, 15) is 0 Å². The smallest absolute Gasteiger partial charge is 0.0621 e.